The van der Waals surface area contributed by atoms with Crippen molar-refractivity contribution in [1.29, 1.82) is 0 Å². The summed E-state index contributed by atoms with van der Waals surface area (Å²) in [6.07, 6.45) is 2.70. The number of anilines is 3. The van der Waals surface area contributed by atoms with Crippen LogP contribution in [0.25, 0.3) is 0 Å². The third-order valence-corrected chi connectivity index (χ3v) is 9.15. The summed E-state index contributed by atoms with van der Waals surface area (Å²) < 4.78 is 26.1. The molecule has 0 fully saturated rings. The number of hydrogen-bond donors (Lipinski definition) is 3. The lowest BCUT2D eigenvalue weighted by Crippen LogP contribution is -2.33. The van der Waals surface area contributed by atoms with Gasteiger partial charge in [0.2, 0.25) is 5.91 Å². The second-order valence-corrected chi connectivity index (χ2v) is 12.6. The molecule has 204 valence electrons. The summed E-state index contributed by atoms with van der Waals surface area (Å²) in [6.45, 7) is 3.57. The first-order chi connectivity index (χ1) is 18.5. The van der Waals surface area contributed by atoms with E-state index in [1.165, 1.54) is 12.1 Å². The number of aryl methyl sites for hydroxylation is 1. The second-order valence-electron chi connectivity index (χ2n) is 9.55. The minimum absolute atomic E-state index is 0.00309. The van der Waals surface area contributed by atoms with Crippen LogP contribution in [0, 0.1) is 12.8 Å². The minimum Gasteiger partial charge on any atom is -0.398 e. The molecular weight excluding hydrogens is 534 g/mol. The molecule has 3 aromatic carbocycles. The first kappa shape index (κ1) is 28.4. The van der Waals surface area contributed by atoms with Crippen molar-refractivity contribution in [2.75, 3.05) is 35.4 Å². The Labute approximate surface area is 232 Å². The molecule has 3 aromatic rings. The fourth-order valence-electron chi connectivity index (χ4n) is 4.50. The van der Waals surface area contributed by atoms with Crippen LogP contribution in [0.3, 0.4) is 0 Å². The topological polar surface area (TPSA) is 135 Å². The number of sulfone groups is 1. The molecule has 0 heterocycles. The van der Waals surface area contributed by atoms with E-state index in [1.807, 2.05) is 13.2 Å². The molecule has 0 spiro atoms. The van der Waals surface area contributed by atoms with Crippen molar-refractivity contribution >= 4 is 56.1 Å². The van der Waals surface area contributed by atoms with Gasteiger partial charge in [-0.15, -0.1) is 0 Å². The number of carbonyl (C=O) groups is 3. The monoisotopic (exact) mass is 565 g/mol. The number of benzene rings is 3. The standard InChI is InChI=1S/C29H31N3O5S2/c1-17(11-13-38-3)29(35)31-12-14-39(36,37)20-8-6-7-19(16-20)32-23-15-18(2)26(30)25-24(23)27(33)21-9-4-5-10-22(21)28(25)34/h4-10,15-17,32H,11-14,30H2,1-3H3,(H,31,35). The van der Waals surface area contributed by atoms with Crippen LogP contribution >= 0.6 is 11.8 Å². The van der Waals surface area contributed by atoms with E-state index >= 15 is 0 Å². The van der Waals surface area contributed by atoms with Gasteiger partial charge >= 0.3 is 0 Å². The minimum atomic E-state index is -3.71. The molecule has 39 heavy (non-hydrogen) atoms. The number of nitrogens with two attached hydrogens (primary N) is 1. The molecule has 8 nitrogen and oxygen atoms in total. The Kier molecular flexibility index (Phi) is 8.46. The van der Waals surface area contributed by atoms with Crippen molar-refractivity contribution in [3.8, 4) is 0 Å². The Morgan fingerprint density at radius 3 is 2.33 bits per heavy atom. The first-order valence-electron chi connectivity index (χ1n) is 12.5. The Hall–Kier alpha value is -3.63. The fraction of sp³-hybridized carbons (Fsp3) is 0.276. The highest BCUT2D eigenvalue weighted by molar-refractivity contribution is 7.98. The zero-order valence-corrected chi connectivity index (χ0v) is 23.7. The Morgan fingerprint density at radius 2 is 1.67 bits per heavy atom. The van der Waals surface area contributed by atoms with Crippen LogP contribution in [0.15, 0.2) is 59.5 Å². The average Bonchev–Trinajstić information content (AvgIpc) is 2.92. The van der Waals surface area contributed by atoms with Crippen molar-refractivity contribution < 1.29 is 22.8 Å². The van der Waals surface area contributed by atoms with Crippen LogP contribution in [-0.4, -0.2) is 50.2 Å². The molecule has 0 aliphatic heterocycles. The number of hydrogen-bond acceptors (Lipinski definition) is 8. The molecule has 0 saturated heterocycles. The third kappa shape index (κ3) is 5.86. The molecule has 0 saturated carbocycles. The van der Waals surface area contributed by atoms with Gasteiger partial charge in [-0.25, -0.2) is 8.42 Å². The van der Waals surface area contributed by atoms with E-state index in [9.17, 15) is 22.8 Å². The molecule has 1 aliphatic rings. The summed E-state index contributed by atoms with van der Waals surface area (Å²) in [5.41, 5.74) is 8.81. The van der Waals surface area contributed by atoms with Gasteiger partial charge in [-0.1, -0.05) is 37.3 Å². The van der Waals surface area contributed by atoms with Crippen molar-refractivity contribution in [2.45, 2.75) is 25.2 Å². The molecule has 1 atom stereocenters. The summed E-state index contributed by atoms with van der Waals surface area (Å²) in [7, 11) is -3.71. The van der Waals surface area contributed by atoms with Crippen molar-refractivity contribution in [2.24, 2.45) is 5.92 Å². The Morgan fingerprint density at radius 1 is 1.00 bits per heavy atom. The number of amides is 1. The highest BCUT2D eigenvalue weighted by Crippen LogP contribution is 2.38. The molecule has 1 amide bonds. The van der Waals surface area contributed by atoms with Gasteiger partial charge in [0, 0.05) is 35.0 Å². The maximum atomic E-state index is 13.5. The molecule has 10 heteroatoms. The molecule has 0 aromatic heterocycles. The highest BCUT2D eigenvalue weighted by Gasteiger charge is 2.34. The van der Waals surface area contributed by atoms with Crippen molar-refractivity contribution in [3.05, 3.63) is 82.4 Å². The lowest BCUT2D eigenvalue weighted by molar-refractivity contribution is -0.124. The van der Waals surface area contributed by atoms with Crippen LogP contribution in [0.1, 0.15) is 50.8 Å². The van der Waals surface area contributed by atoms with Crippen molar-refractivity contribution in [3.63, 3.8) is 0 Å². The maximum Gasteiger partial charge on any atom is 0.222 e. The molecular formula is C29H31N3O5S2. The third-order valence-electron chi connectivity index (χ3n) is 6.79. The van der Waals surface area contributed by atoms with E-state index in [0.717, 1.165) is 12.2 Å². The smallest absolute Gasteiger partial charge is 0.222 e. The predicted octanol–water partition coefficient (Wildman–Crippen LogP) is 4.38. The van der Waals surface area contributed by atoms with Crippen LogP contribution in [0.2, 0.25) is 0 Å². The number of fused-ring (bicyclic) bond motifs is 2. The normalized spacial score (nSPS) is 13.4. The molecule has 1 aliphatic carbocycles. The quantitative estimate of drug-likeness (QED) is 0.241. The maximum absolute atomic E-state index is 13.5. The van der Waals surface area contributed by atoms with E-state index in [4.69, 9.17) is 5.73 Å². The van der Waals surface area contributed by atoms with E-state index in [2.05, 4.69) is 10.6 Å². The SMILES string of the molecule is CSCCC(C)C(=O)NCCS(=O)(=O)c1cccc(Nc2cc(C)c(N)c3c2C(=O)c2ccccc2C3=O)c1. The van der Waals surface area contributed by atoms with Gasteiger partial charge in [0.25, 0.3) is 0 Å². The van der Waals surface area contributed by atoms with Crippen LogP contribution in [-0.2, 0) is 14.6 Å². The summed E-state index contributed by atoms with van der Waals surface area (Å²) in [4.78, 5) is 39.1. The van der Waals surface area contributed by atoms with Crippen molar-refractivity contribution in [1.82, 2.24) is 5.32 Å². The number of rotatable bonds is 10. The molecule has 4 N–H and O–H groups in total. The van der Waals surface area contributed by atoms with Crippen LogP contribution in [0.5, 0.6) is 0 Å². The molecule has 0 bridgehead atoms. The highest BCUT2D eigenvalue weighted by atomic mass is 32.2. The largest absolute Gasteiger partial charge is 0.398 e. The van der Waals surface area contributed by atoms with Gasteiger partial charge in [0.05, 0.1) is 27.5 Å². The summed E-state index contributed by atoms with van der Waals surface area (Å²) >= 11 is 1.66. The molecule has 4 rings (SSSR count). The molecule has 0 radical (unpaired) electrons. The van der Waals surface area contributed by atoms with E-state index in [-0.39, 0.29) is 57.4 Å². The number of carbonyl (C=O) groups excluding carboxylic acids is 3. The van der Waals surface area contributed by atoms with Gasteiger partial charge in [0.1, 0.15) is 0 Å². The van der Waals surface area contributed by atoms with E-state index < -0.39 is 9.84 Å². The van der Waals surface area contributed by atoms with Gasteiger partial charge < -0.3 is 16.4 Å². The lowest BCUT2D eigenvalue weighted by atomic mass is 9.81. The summed E-state index contributed by atoms with van der Waals surface area (Å²) in [6, 6.07) is 14.5. The fourth-order valence-corrected chi connectivity index (χ4v) is 6.29. The number of nitrogen functional groups attached to an aromatic ring is 1. The van der Waals surface area contributed by atoms with E-state index in [0.29, 0.717) is 28.1 Å². The zero-order valence-electron chi connectivity index (χ0n) is 22.0. The zero-order chi connectivity index (χ0) is 28.3. The second kappa shape index (κ2) is 11.6. The Bertz CT molecular complexity index is 1570. The molecule has 1 unspecified atom stereocenters. The number of ketones is 2. The first-order valence-corrected chi connectivity index (χ1v) is 15.6. The van der Waals surface area contributed by atoms with Crippen LogP contribution < -0.4 is 16.4 Å². The number of thioether (sulfide) groups is 1. The summed E-state index contributed by atoms with van der Waals surface area (Å²) in [5.74, 6) is -0.415. The van der Waals surface area contributed by atoms with Gasteiger partial charge in [-0.3, -0.25) is 14.4 Å². The predicted molar refractivity (Wildman–Crippen MR) is 156 cm³/mol. The van der Waals surface area contributed by atoms with Gasteiger partial charge in [-0.2, -0.15) is 11.8 Å². The number of nitrogens with one attached hydrogen (secondary N) is 2. The summed E-state index contributed by atoms with van der Waals surface area (Å²) in [5, 5.41) is 5.85. The Balaban J connectivity index is 1.57. The lowest BCUT2D eigenvalue weighted by Gasteiger charge is -2.23. The average molecular weight is 566 g/mol. The van der Waals surface area contributed by atoms with Gasteiger partial charge in [0.15, 0.2) is 21.4 Å². The van der Waals surface area contributed by atoms with Crippen LogP contribution in [0.4, 0.5) is 17.1 Å². The van der Waals surface area contributed by atoms with Gasteiger partial charge in [-0.05, 0) is 55.2 Å². The van der Waals surface area contributed by atoms with E-state index in [1.54, 1.807) is 61.2 Å².